The highest BCUT2D eigenvalue weighted by molar-refractivity contribution is 5.82. The summed E-state index contributed by atoms with van der Waals surface area (Å²) in [4.78, 5) is 14.3. The van der Waals surface area contributed by atoms with Crippen LogP contribution < -0.4 is 10.9 Å². The molecule has 1 aromatic carbocycles. The second kappa shape index (κ2) is 6.47. The number of hydrogen-bond acceptors (Lipinski definition) is 5. The summed E-state index contributed by atoms with van der Waals surface area (Å²) in [6, 6.07) is 7.50. The number of nitrogens with zero attached hydrogens (tertiary/aromatic N) is 2. The summed E-state index contributed by atoms with van der Waals surface area (Å²) in [5.41, 5.74) is 7.78. The van der Waals surface area contributed by atoms with Gasteiger partial charge in [-0.05, 0) is 31.0 Å². The molecule has 7 heteroatoms. The van der Waals surface area contributed by atoms with Gasteiger partial charge >= 0.3 is 0 Å². The van der Waals surface area contributed by atoms with Crippen LogP contribution in [0.15, 0.2) is 41.1 Å². The molecule has 23 heavy (non-hydrogen) atoms. The molecule has 1 amide bonds. The Labute approximate surface area is 133 Å². The molecule has 6 nitrogen and oxygen atoms in total. The van der Waals surface area contributed by atoms with Gasteiger partial charge in [-0.2, -0.15) is 0 Å². The molecule has 122 valence electrons. The van der Waals surface area contributed by atoms with Crippen LogP contribution in [-0.4, -0.2) is 29.1 Å². The lowest BCUT2D eigenvalue weighted by Gasteiger charge is -2.25. The number of benzene rings is 1. The van der Waals surface area contributed by atoms with E-state index in [4.69, 9.17) is 4.52 Å². The van der Waals surface area contributed by atoms with Gasteiger partial charge in [-0.15, -0.1) is 0 Å². The molecule has 2 aromatic rings. The fourth-order valence-electron chi connectivity index (χ4n) is 2.70. The highest BCUT2D eigenvalue weighted by Crippen LogP contribution is 2.25. The molecule has 0 aliphatic carbocycles. The lowest BCUT2D eigenvalue weighted by molar-refractivity contribution is -0.133. The smallest absolute Gasteiger partial charge is 0.241 e. The number of carbonyl (C=O) groups is 1. The first kappa shape index (κ1) is 15.6. The molecule has 2 N–H and O–H groups in total. The van der Waals surface area contributed by atoms with Gasteiger partial charge in [-0.1, -0.05) is 17.3 Å². The Kier molecular flexibility index (Phi) is 4.40. The highest BCUT2D eigenvalue weighted by Gasteiger charge is 2.33. The quantitative estimate of drug-likeness (QED) is 0.901. The molecular formula is C16H19FN4O2. The number of carbonyl (C=O) groups excluding carboxylic acids is 1. The summed E-state index contributed by atoms with van der Waals surface area (Å²) in [5, 5.41) is 3.88. The summed E-state index contributed by atoms with van der Waals surface area (Å²) in [6.07, 6.45) is 2.09. The Bertz CT molecular complexity index is 659. The monoisotopic (exact) mass is 318 g/mol. The molecule has 2 heterocycles. The Hall–Kier alpha value is -2.25. The predicted molar refractivity (Wildman–Crippen MR) is 81.5 cm³/mol. The van der Waals surface area contributed by atoms with E-state index in [-0.39, 0.29) is 29.8 Å². The lowest BCUT2D eigenvalue weighted by atomic mass is 10.0. The number of likely N-dealkylation sites (N-methyl/N-ethyl adjacent to an activating group) is 1. The molecule has 1 aromatic heterocycles. The second-order valence-electron chi connectivity index (χ2n) is 5.73. The van der Waals surface area contributed by atoms with Crippen molar-refractivity contribution in [1.29, 1.82) is 0 Å². The normalized spacial score (nSPS) is 22.0. The Balaban J connectivity index is 1.64. The number of halogens is 1. The standard InChI is InChI=1S/C16H19FN4O2/c1-10(13-7-8-23-20-13)21(2)16(22)15-9-14(18-19-15)11-3-5-12(17)6-4-11/h3-8,10,14-15,18-19H,9H2,1-2H3. The highest BCUT2D eigenvalue weighted by atomic mass is 19.1. The predicted octanol–water partition coefficient (Wildman–Crippen LogP) is 1.94. The summed E-state index contributed by atoms with van der Waals surface area (Å²) < 4.78 is 17.8. The first-order chi connectivity index (χ1) is 11.1. The van der Waals surface area contributed by atoms with Crippen molar-refractivity contribution < 1.29 is 13.7 Å². The maximum atomic E-state index is 13.0. The first-order valence-corrected chi connectivity index (χ1v) is 7.49. The SMILES string of the molecule is CC(c1ccon1)N(C)C(=O)C1CC(c2ccc(F)cc2)NN1. The van der Waals surface area contributed by atoms with Gasteiger partial charge in [0.05, 0.1) is 6.04 Å². The third-order valence-electron chi connectivity index (χ3n) is 4.29. The molecule has 3 rings (SSSR count). The molecule has 0 radical (unpaired) electrons. The van der Waals surface area contributed by atoms with Crippen molar-refractivity contribution in [3.8, 4) is 0 Å². The van der Waals surface area contributed by atoms with E-state index in [1.54, 1.807) is 30.1 Å². The van der Waals surface area contributed by atoms with Crippen molar-refractivity contribution in [1.82, 2.24) is 20.9 Å². The van der Waals surface area contributed by atoms with Crippen LogP contribution in [0.25, 0.3) is 0 Å². The fourth-order valence-corrected chi connectivity index (χ4v) is 2.70. The zero-order valence-corrected chi connectivity index (χ0v) is 13.0. The summed E-state index contributed by atoms with van der Waals surface area (Å²) in [6.45, 7) is 1.90. The molecule has 3 unspecified atom stereocenters. The van der Waals surface area contributed by atoms with E-state index in [1.165, 1.54) is 18.4 Å². The minimum atomic E-state index is -0.343. The maximum Gasteiger partial charge on any atom is 0.241 e. The van der Waals surface area contributed by atoms with Crippen molar-refractivity contribution in [2.75, 3.05) is 7.05 Å². The van der Waals surface area contributed by atoms with E-state index in [1.807, 2.05) is 6.92 Å². The molecular weight excluding hydrogens is 299 g/mol. The largest absolute Gasteiger partial charge is 0.364 e. The van der Waals surface area contributed by atoms with Crippen LogP contribution in [0.5, 0.6) is 0 Å². The molecule has 1 aliphatic rings. The average molecular weight is 318 g/mol. The number of rotatable bonds is 4. The number of amides is 1. The van der Waals surface area contributed by atoms with Gasteiger partial charge in [0.15, 0.2) is 0 Å². The minimum Gasteiger partial charge on any atom is -0.364 e. The van der Waals surface area contributed by atoms with Gasteiger partial charge in [0.2, 0.25) is 5.91 Å². The van der Waals surface area contributed by atoms with Crippen LogP contribution in [0.3, 0.4) is 0 Å². The topological polar surface area (TPSA) is 70.4 Å². The van der Waals surface area contributed by atoms with Gasteiger partial charge in [0.25, 0.3) is 0 Å². The summed E-state index contributed by atoms with van der Waals surface area (Å²) in [7, 11) is 1.74. The number of hydrogen-bond donors (Lipinski definition) is 2. The molecule has 1 saturated heterocycles. The Morgan fingerprint density at radius 1 is 1.35 bits per heavy atom. The van der Waals surface area contributed by atoms with Crippen LogP contribution in [0.4, 0.5) is 4.39 Å². The van der Waals surface area contributed by atoms with Crippen LogP contribution in [0, 0.1) is 5.82 Å². The number of nitrogens with one attached hydrogen (secondary N) is 2. The second-order valence-corrected chi connectivity index (χ2v) is 5.73. The van der Waals surface area contributed by atoms with E-state index >= 15 is 0 Å². The zero-order chi connectivity index (χ0) is 16.4. The van der Waals surface area contributed by atoms with Crippen LogP contribution in [0.2, 0.25) is 0 Å². The molecule has 1 fully saturated rings. The molecule has 0 spiro atoms. The fraction of sp³-hybridized carbons (Fsp3) is 0.375. The van der Waals surface area contributed by atoms with E-state index in [0.29, 0.717) is 12.1 Å². The maximum absolute atomic E-state index is 13.0. The van der Waals surface area contributed by atoms with Gasteiger partial charge in [-0.3, -0.25) is 4.79 Å². The molecule has 0 saturated carbocycles. The van der Waals surface area contributed by atoms with Gasteiger partial charge in [0, 0.05) is 19.2 Å². The third-order valence-corrected chi connectivity index (χ3v) is 4.29. The Morgan fingerprint density at radius 3 is 2.74 bits per heavy atom. The number of hydrazine groups is 1. The third kappa shape index (κ3) is 3.25. The van der Waals surface area contributed by atoms with Gasteiger partial charge < -0.3 is 9.42 Å². The Morgan fingerprint density at radius 2 is 2.09 bits per heavy atom. The number of aromatic nitrogens is 1. The van der Waals surface area contributed by atoms with E-state index < -0.39 is 0 Å². The van der Waals surface area contributed by atoms with Crippen molar-refractivity contribution in [2.24, 2.45) is 0 Å². The van der Waals surface area contributed by atoms with Crippen LogP contribution >= 0.6 is 0 Å². The summed E-state index contributed by atoms with van der Waals surface area (Å²) >= 11 is 0. The van der Waals surface area contributed by atoms with Crippen molar-refractivity contribution in [3.63, 3.8) is 0 Å². The van der Waals surface area contributed by atoms with Crippen molar-refractivity contribution >= 4 is 5.91 Å². The first-order valence-electron chi connectivity index (χ1n) is 7.49. The lowest BCUT2D eigenvalue weighted by Crippen LogP contribution is -2.44. The van der Waals surface area contributed by atoms with Gasteiger partial charge in [-0.25, -0.2) is 15.2 Å². The minimum absolute atomic E-state index is 0.0275. The van der Waals surface area contributed by atoms with Gasteiger partial charge in [0.1, 0.15) is 23.8 Å². The molecule has 3 atom stereocenters. The molecule has 1 aliphatic heterocycles. The van der Waals surface area contributed by atoms with E-state index in [0.717, 1.165) is 5.56 Å². The van der Waals surface area contributed by atoms with Crippen LogP contribution in [-0.2, 0) is 4.79 Å². The average Bonchev–Trinajstić information content (AvgIpc) is 3.25. The molecule has 0 bridgehead atoms. The summed E-state index contributed by atoms with van der Waals surface area (Å²) in [5.74, 6) is -0.300. The van der Waals surface area contributed by atoms with E-state index in [9.17, 15) is 9.18 Å². The van der Waals surface area contributed by atoms with E-state index in [2.05, 4.69) is 16.0 Å². The zero-order valence-electron chi connectivity index (χ0n) is 13.0. The van der Waals surface area contributed by atoms with Crippen molar-refractivity contribution in [3.05, 3.63) is 53.7 Å². The van der Waals surface area contributed by atoms with Crippen molar-refractivity contribution in [2.45, 2.75) is 31.5 Å². The van der Waals surface area contributed by atoms with Crippen LogP contribution in [0.1, 0.15) is 36.7 Å².